The number of aromatic nitrogens is 2. The summed E-state index contributed by atoms with van der Waals surface area (Å²) in [5.41, 5.74) is 1.29. The van der Waals surface area contributed by atoms with Crippen molar-refractivity contribution in [2.75, 3.05) is 5.32 Å². The van der Waals surface area contributed by atoms with E-state index < -0.39 is 5.82 Å². The molecule has 2 fully saturated rings. The van der Waals surface area contributed by atoms with Gasteiger partial charge in [0.05, 0.1) is 5.69 Å². The summed E-state index contributed by atoms with van der Waals surface area (Å²) >= 11 is 0.991. The second-order valence-corrected chi connectivity index (χ2v) is 8.59. The van der Waals surface area contributed by atoms with Gasteiger partial charge >= 0.3 is 6.09 Å². The van der Waals surface area contributed by atoms with Gasteiger partial charge < -0.3 is 15.4 Å². The first kappa shape index (κ1) is 20.9. The lowest BCUT2D eigenvalue weighted by atomic mass is 10.0. The van der Waals surface area contributed by atoms with Crippen molar-refractivity contribution in [3.63, 3.8) is 0 Å². The predicted octanol–water partition coefficient (Wildman–Crippen LogP) is 4.63. The number of carbonyl (C=O) groups excluding carboxylic acids is 1. The van der Waals surface area contributed by atoms with Crippen molar-refractivity contribution in [3.8, 4) is 0 Å². The van der Waals surface area contributed by atoms with Crippen molar-refractivity contribution in [3.05, 3.63) is 42.0 Å². The van der Waals surface area contributed by atoms with Crippen LogP contribution < -0.4 is 15.8 Å². The van der Waals surface area contributed by atoms with Crippen LogP contribution in [0.2, 0.25) is 0 Å². The molecule has 2 atom stereocenters. The second-order valence-electron chi connectivity index (χ2n) is 7.89. The molecule has 30 heavy (non-hydrogen) atoms. The molecule has 1 aromatic heterocycles. The molecule has 0 spiro atoms. The molecule has 0 aliphatic heterocycles. The van der Waals surface area contributed by atoms with E-state index in [0.717, 1.165) is 49.6 Å². The number of anilines is 2. The lowest BCUT2D eigenvalue weighted by Crippen LogP contribution is -2.35. The Kier molecular flexibility index (Phi) is 6.69. The predicted molar refractivity (Wildman–Crippen MR) is 114 cm³/mol. The fourth-order valence-corrected chi connectivity index (χ4v) is 4.49. The van der Waals surface area contributed by atoms with Gasteiger partial charge in [-0.05, 0) is 73.7 Å². The Labute approximate surface area is 179 Å². The molecule has 2 aliphatic carbocycles. The van der Waals surface area contributed by atoms with E-state index >= 15 is 0 Å². The lowest BCUT2D eigenvalue weighted by Gasteiger charge is -2.16. The number of rotatable bonds is 6. The number of hydrogen-bond donors (Lipinski definition) is 3. The van der Waals surface area contributed by atoms with Crippen LogP contribution in [-0.2, 0) is 4.74 Å². The van der Waals surface area contributed by atoms with Crippen LogP contribution in [0.5, 0.6) is 0 Å². The van der Waals surface area contributed by atoms with Gasteiger partial charge in [-0.25, -0.2) is 19.2 Å². The van der Waals surface area contributed by atoms with Gasteiger partial charge in [-0.2, -0.15) is 0 Å². The highest BCUT2D eigenvalue weighted by Crippen LogP contribution is 2.36. The Balaban J connectivity index is 1.29. The maximum atomic E-state index is 14.1. The van der Waals surface area contributed by atoms with Crippen LogP contribution >= 0.6 is 11.9 Å². The van der Waals surface area contributed by atoms with Crippen molar-refractivity contribution < 1.29 is 13.9 Å². The van der Waals surface area contributed by atoms with Crippen LogP contribution in [0.15, 0.2) is 35.5 Å². The molecular formula is C21H26FN5O2S. The van der Waals surface area contributed by atoms with Gasteiger partial charge in [0.25, 0.3) is 0 Å². The van der Waals surface area contributed by atoms with Gasteiger partial charge in [-0.3, -0.25) is 5.14 Å². The molecule has 1 heterocycles. The van der Waals surface area contributed by atoms with Gasteiger partial charge in [0.1, 0.15) is 11.9 Å². The first-order chi connectivity index (χ1) is 14.6. The number of nitrogens with two attached hydrogens (primary N) is 1. The third-order valence-corrected chi connectivity index (χ3v) is 6.33. The van der Waals surface area contributed by atoms with E-state index in [2.05, 4.69) is 20.6 Å². The van der Waals surface area contributed by atoms with Crippen molar-refractivity contribution in [2.24, 2.45) is 5.14 Å². The Morgan fingerprint density at radius 3 is 2.63 bits per heavy atom. The molecule has 1 amide bonds. The molecular weight excluding hydrogens is 405 g/mol. The van der Waals surface area contributed by atoms with Gasteiger partial charge in [-0.15, -0.1) is 0 Å². The zero-order valence-electron chi connectivity index (χ0n) is 16.6. The standard InChI is InChI=1S/C21H26FN5O2S/c22-18-10-17(30-23)7-8-19(18)27-20-24-11-14(12-25-20)13-5-6-16(9-13)29-21(28)26-15-3-1-2-4-15/h7-8,10-13,15-16H,1-6,9,23H2,(H,26,28)(H,24,25,27). The molecule has 2 aromatic rings. The number of benzene rings is 1. The van der Waals surface area contributed by atoms with E-state index in [9.17, 15) is 9.18 Å². The number of nitrogens with one attached hydrogen (secondary N) is 2. The van der Waals surface area contributed by atoms with E-state index in [4.69, 9.17) is 9.88 Å². The lowest BCUT2D eigenvalue weighted by molar-refractivity contribution is 0.0972. The van der Waals surface area contributed by atoms with Crippen LogP contribution in [0.1, 0.15) is 56.4 Å². The maximum Gasteiger partial charge on any atom is 0.407 e. The SMILES string of the molecule is NSc1ccc(Nc2ncc(C3CCC(OC(=O)NC4CCCC4)C3)cn2)c(F)c1. The Bertz CT molecular complexity index is 876. The topological polar surface area (TPSA) is 102 Å². The van der Waals surface area contributed by atoms with Crippen molar-refractivity contribution >= 4 is 29.7 Å². The monoisotopic (exact) mass is 431 g/mol. The number of amides is 1. The highest BCUT2D eigenvalue weighted by molar-refractivity contribution is 7.97. The molecule has 9 heteroatoms. The van der Waals surface area contributed by atoms with Crippen LogP contribution in [0.25, 0.3) is 0 Å². The van der Waals surface area contributed by atoms with Crippen LogP contribution in [0, 0.1) is 5.82 Å². The number of alkyl carbamates (subject to hydrolysis) is 1. The zero-order chi connectivity index (χ0) is 20.9. The molecule has 7 nitrogen and oxygen atoms in total. The Morgan fingerprint density at radius 1 is 1.17 bits per heavy atom. The molecule has 4 N–H and O–H groups in total. The number of ether oxygens (including phenoxy) is 1. The summed E-state index contributed by atoms with van der Waals surface area (Å²) in [5.74, 6) is 0.165. The summed E-state index contributed by atoms with van der Waals surface area (Å²) < 4.78 is 19.7. The minimum absolute atomic E-state index is 0.0813. The molecule has 2 aliphatic rings. The van der Waals surface area contributed by atoms with E-state index in [0.29, 0.717) is 16.5 Å². The quantitative estimate of drug-likeness (QED) is 0.573. The van der Waals surface area contributed by atoms with Gasteiger partial charge in [0.2, 0.25) is 5.95 Å². The average molecular weight is 432 g/mol. The van der Waals surface area contributed by atoms with Crippen molar-refractivity contribution in [1.29, 1.82) is 0 Å². The fourth-order valence-electron chi connectivity index (χ4n) is 4.18. The first-order valence-corrected chi connectivity index (χ1v) is 11.2. The highest BCUT2D eigenvalue weighted by atomic mass is 32.2. The van der Waals surface area contributed by atoms with Gasteiger partial charge in [0, 0.05) is 23.3 Å². The molecule has 1 aromatic carbocycles. The number of halogens is 1. The molecule has 2 unspecified atom stereocenters. The summed E-state index contributed by atoms with van der Waals surface area (Å²) in [4.78, 5) is 21.4. The van der Waals surface area contributed by atoms with Crippen LogP contribution in [0.4, 0.5) is 20.8 Å². The second kappa shape index (κ2) is 9.61. The highest BCUT2D eigenvalue weighted by Gasteiger charge is 2.30. The Hall–Kier alpha value is -2.39. The third kappa shape index (κ3) is 5.20. The molecule has 0 radical (unpaired) electrons. The van der Waals surface area contributed by atoms with Gasteiger partial charge in [0.15, 0.2) is 0 Å². The fraction of sp³-hybridized carbons (Fsp3) is 0.476. The Morgan fingerprint density at radius 2 is 1.93 bits per heavy atom. The molecule has 160 valence electrons. The maximum absolute atomic E-state index is 14.1. The van der Waals surface area contributed by atoms with E-state index in [1.54, 1.807) is 24.5 Å². The van der Waals surface area contributed by atoms with Crippen LogP contribution in [-0.4, -0.2) is 28.2 Å². The molecule has 0 saturated heterocycles. The summed E-state index contributed by atoms with van der Waals surface area (Å²) in [5, 5.41) is 11.3. The van der Waals surface area contributed by atoms with Crippen molar-refractivity contribution in [1.82, 2.24) is 15.3 Å². The average Bonchev–Trinajstić information content (AvgIpc) is 3.42. The van der Waals surface area contributed by atoms with E-state index in [-0.39, 0.29) is 24.2 Å². The third-order valence-electron chi connectivity index (χ3n) is 5.80. The summed E-state index contributed by atoms with van der Waals surface area (Å²) in [6, 6.07) is 4.96. The molecule has 0 bridgehead atoms. The summed E-state index contributed by atoms with van der Waals surface area (Å²) in [6.45, 7) is 0. The smallest absolute Gasteiger partial charge is 0.407 e. The summed E-state index contributed by atoms with van der Waals surface area (Å²) in [6.07, 6.45) is 10.1. The number of nitrogens with zero attached hydrogens (tertiary/aromatic N) is 2. The van der Waals surface area contributed by atoms with Crippen LogP contribution in [0.3, 0.4) is 0 Å². The zero-order valence-corrected chi connectivity index (χ0v) is 17.5. The molecule has 2 saturated carbocycles. The minimum Gasteiger partial charge on any atom is -0.446 e. The number of carbonyl (C=O) groups is 1. The first-order valence-electron chi connectivity index (χ1n) is 10.3. The number of hydrogen-bond acceptors (Lipinski definition) is 7. The van der Waals surface area contributed by atoms with E-state index in [1.165, 1.54) is 18.9 Å². The van der Waals surface area contributed by atoms with Gasteiger partial charge in [-0.1, -0.05) is 12.8 Å². The largest absolute Gasteiger partial charge is 0.446 e. The summed E-state index contributed by atoms with van der Waals surface area (Å²) in [7, 11) is 0. The van der Waals surface area contributed by atoms with Crippen molar-refractivity contribution in [2.45, 2.75) is 67.9 Å². The minimum atomic E-state index is -0.412. The molecule has 4 rings (SSSR count). The normalized spacial score (nSPS) is 21.5. The van der Waals surface area contributed by atoms with E-state index in [1.807, 2.05) is 0 Å².